The summed E-state index contributed by atoms with van der Waals surface area (Å²) < 4.78 is 0. The second-order valence-electron chi connectivity index (χ2n) is 4.73. The molecule has 0 aromatic carbocycles. The number of nitrogens with one attached hydrogen (secondary N) is 1. The molecule has 86 valence electrons. The molecule has 0 aliphatic heterocycles. The quantitative estimate of drug-likeness (QED) is 0.692. The topological polar surface area (TPSA) is 55.1 Å². The van der Waals surface area contributed by atoms with Crippen LogP contribution in [0.2, 0.25) is 0 Å². The van der Waals surface area contributed by atoms with E-state index in [9.17, 15) is 4.79 Å². The third-order valence-corrected chi connectivity index (χ3v) is 2.68. The van der Waals surface area contributed by atoms with Gasteiger partial charge in [0.15, 0.2) is 0 Å². The second-order valence-corrected chi connectivity index (χ2v) is 4.73. The van der Waals surface area contributed by atoms with Crippen LogP contribution in [0, 0.1) is 5.92 Å². The van der Waals surface area contributed by atoms with Gasteiger partial charge in [0.1, 0.15) is 0 Å². The molecule has 0 radical (unpaired) electrons. The van der Waals surface area contributed by atoms with E-state index in [1.54, 1.807) is 0 Å². The Balaban J connectivity index is 2.30. The van der Waals surface area contributed by atoms with Gasteiger partial charge in [0.05, 0.1) is 6.04 Å². The predicted octanol–water partition coefficient (Wildman–Crippen LogP) is 1.58. The van der Waals surface area contributed by atoms with Gasteiger partial charge in [-0.25, -0.2) is 0 Å². The van der Waals surface area contributed by atoms with E-state index in [0.717, 1.165) is 25.7 Å². The molecule has 0 fully saturated rings. The van der Waals surface area contributed by atoms with E-state index in [4.69, 9.17) is 5.73 Å². The fourth-order valence-electron chi connectivity index (χ4n) is 1.85. The zero-order chi connectivity index (χ0) is 11.3. The smallest absolute Gasteiger partial charge is 0.237 e. The molecule has 15 heavy (non-hydrogen) atoms. The van der Waals surface area contributed by atoms with Crippen LogP contribution in [0.15, 0.2) is 12.2 Å². The fraction of sp³-hybridized carbons (Fsp3) is 0.750. The highest BCUT2D eigenvalue weighted by Crippen LogP contribution is 2.11. The summed E-state index contributed by atoms with van der Waals surface area (Å²) in [4.78, 5) is 11.7. The molecule has 0 bridgehead atoms. The molecule has 2 atom stereocenters. The van der Waals surface area contributed by atoms with Gasteiger partial charge in [-0.3, -0.25) is 4.79 Å². The average molecular weight is 210 g/mol. The summed E-state index contributed by atoms with van der Waals surface area (Å²) in [5.41, 5.74) is 5.81. The molecule has 2 unspecified atom stereocenters. The molecule has 0 aromatic rings. The molecule has 1 aliphatic carbocycles. The largest absolute Gasteiger partial charge is 0.352 e. The molecule has 3 nitrogen and oxygen atoms in total. The van der Waals surface area contributed by atoms with Crippen molar-refractivity contribution in [1.29, 1.82) is 0 Å². The highest BCUT2D eigenvalue weighted by molar-refractivity contribution is 5.81. The summed E-state index contributed by atoms with van der Waals surface area (Å²) in [7, 11) is 0. The highest BCUT2D eigenvalue weighted by atomic mass is 16.2. The van der Waals surface area contributed by atoms with Crippen LogP contribution in [0.25, 0.3) is 0 Å². The van der Waals surface area contributed by atoms with Gasteiger partial charge < -0.3 is 11.1 Å². The minimum absolute atomic E-state index is 0.00370. The van der Waals surface area contributed by atoms with E-state index >= 15 is 0 Å². The van der Waals surface area contributed by atoms with Crippen molar-refractivity contribution >= 4 is 5.91 Å². The monoisotopic (exact) mass is 210 g/mol. The number of carbonyl (C=O) groups excluding carboxylic acids is 1. The van der Waals surface area contributed by atoms with Gasteiger partial charge in [-0.05, 0) is 31.6 Å². The van der Waals surface area contributed by atoms with Crippen molar-refractivity contribution in [2.75, 3.05) is 0 Å². The SMILES string of the molecule is CC(C)CC(N)C(=O)NC1CC=CCC1. The van der Waals surface area contributed by atoms with Crippen LogP contribution in [0.4, 0.5) is 0 Å². The van der Waals surface area contributed by atoms with Gasteiger partial charge in [-0.2, -0.15) is 0 Å². The Morgan fingerprint density at radius 2 is 2.27 bits per heavy atom. The Hall–Kier alpha value is -0.830. The number of rotatable bonds is 4. The Morgan fingerprint density at radius 3 is 2.80 bits per heavy atom. The van der Waals surface area contributed by atoms with Gasteiger partial charge in [-0.15, -0.1) is 0 Å². The molecule has 0 saturated heterocycles. The van der Waals surface area contributed by atoms with Gasteiger partial charge in [-0.1, -0.05) is 26.0 Å². The minimum atomic E-state index is -0.351. The van der Waals surface area contributed by atoms with Crippen LogP contribution in [0.5, 0.6) is 0 Å². The van der Waals surface area contributed by atoms with Gasteiger partial charge in [0, 0.05) is 6.04 Å². The van der Waals surface area contributed by atoms with Crippen molar-refractivity contribution in [3.05, 3.63) is 12.2 Å². The van der Waals surface area contributed by atoms with Crippen molar-refractivity contribution in [3.63, 3.8) is 0 Å². The van der Waals surface area contributed by atoms with E-state index in [0.29, 0.717) is 12.0 Å². The predicted molar refractivity (Wildman–Crippen MR) is 62.4 cm³/mol. The first-order valence-corrected chi connectivity index (χ1v) is 5.80. The Kier molecular flexibility index (Phi) is 4.82. The Bertz CT molecular complexity index is 236. The van der Waals surface area contributed by atoms with Crippen LogP contribution in [-0.4, -0.2) is 18.0 Å². The van der Waals surface area contributed by atoms with Crippen molar-refractivity contribution in [1.82, 2.24) is 5.32 Å². The zero-order valence-corrected chi connectivity index (χ0v) is 9.70. The lowest BCUT2D eigenvalue weighted by Crippen LogP contribution is -2.46. The third kappa shape index (κ3) is 4.47. The Labute approximate surface area is 92.1 Å². The van der Waals surface area contributed by atoms with Crippen molar-refractivity contribution < 1.29 is 4.79 Å². The van der Waals surface area contributed by atoms with E-state index in [2.05, 4.69) is 31.3 Å². The van der Waals surface area contributed by atoms with E-state index < -0.39 is 0 Å². The van der Waals surface area contributed by atoms with Crippen LogP contribution in [0.3, 0.4) is 0 Å². The van der Waals surface area contributed by atoms with Crippen LogP contribution >= 0.6 is 0 Å². The maximum absolute atomic E-state index is 11.7. The first-order valence-electron chi connectivity index (χ1n) is 5.80. The minimum Gasteiger partial charge on any atom is -0.352 e. The zero-order valence-electron chi connectivity index (χ0n) is 9.70. The third-order valence-electron chi connectivity index (χ3n) is 2.68. The average Bonchev–Trinajstić information content (AvgIpc) is 2.18. The Morgan fingerprint density at radius 1 is 1.53 bits per heavy atom. The molecule has 1 rings (SSSR count). The lowest BCUT2D eigenvalue weighted by Gasteiger charge is -2.22. The molecule has 3 heteroatoms. The summed E-state index contributed by atoms with van der Waals surface area (Å²) in [5, 5.41) is 3.01. The van der Waals surface area contributed by atoms with Crippen molar-refractivity contribution in [2.45, 2.75) is 51.6 Å². The number of amides is 1. The van der Waals surface area contributed by atoms with Crippen molar-refractivity contribution in [3.8, 4) is 0 Å². The summed E-state index contributed by atoms with van der Waals surface area (Å²) in [6.07, 6.45) is 8.09. The molecule has 1 amide bonds. The lowest BCUT2D eigenvalue weighted by molar-refractivity contribution is -0.123. The molecule has 0 spiro atoms. The number of allylic oxidation sites excluding steroid dienone is 1. The van der Waals surface area contributed by atoms with Crippen LogP contribution in [0.1, 0.15) is 39.5 Å². The van der Waals surface area contributed by atoms with Gasteiger partial charge >= 0.3 is 0 Å². The maximum Gasteiger partial charge on any atom is 0.237 e. The normalized spacial score (nSPS) is 22.8. The molecule has 0 heterocycles. The summed E-state index contributed by atoms with van der Waals surface area (Å²) in [5.74, 6) is 0.473. The molecular formula is C12H22N2O. The number of hydrogen-bond donors (Lipinski definition) is 2. The van der Waals surface area contributed by atoms with Crippen LogP contribution in [-0.2, 0) is 4.79 Å². The maximum atomic E-state index is 11.7. The van der Waals surface area contributed by atoms with E-state index in [1.807, 2.05) is 0 Å². The molecule has 1 aliphatic rings. The number of nitrogens with two attached hydrogens (primary N) is 1. The van der Waals surface area contributed by atoms with E-state index in [-0.39, 0.29) is 11.9 Å². The van der Waals surface area contributed by atoms with Gasteiger partial charge in [0.2, 0.25) is 5.91 Å². The van der Waals surface area contributed by atoms with Crippen molar-refractivity contribution in [2.24, 2.45) is 11.7 Å². The second kappa shape index (κ2) is 5.91. The lowest BCUT2D eigenvalue weighted by atomic mass is 10.00. The number of carbonyl (C=O) groups is 1. The number of hydrogen-bond acceptors (Lipinski definition) is 2. The fourth-order valence-corrected chi connectivity index (χ4v) is 1.85. The van der Waals surface area contributed by atoms with Gasteiger partial charge in [0.25, 0.3) is 0 Å². The first-order chi connectivity index (χ1) is 7.09. The standard InChI is InChI=1S/C12H22N2O/c1-9(2)8-11(13)12(15)14-10-6-4-3-5-7-10/h3-4,9-11H,5-8,13H2,1-2H3,(H,14,15). The highest BCUT2D eigenvalue weighted by Gasteiger charge is 2.18. The summed E-state index contributed by atoms with van der Waals surface area (Å²) in [6.45, 7) is 4.16. The summed E-state index contributed by atoms with van der Waals surface area (Å²) >= 11 is 0. The summed E-state index contributed by atoms with van der Waals surface area (Å²) in [6, 6.07) is -0.0587. The first kappa shape index (κ1) is 12.2. The van der Waals surface area contributed by atoms with Crippen LogP contribution < -0.4 is 11.1 Å². The molecule has 0 aromatic heterocycles. The van der Waals surface area contributed by atoms with E-state index in [1.165, 1.54) is 0 Å². The molecular weight excluding hydrogens is 188 g/mol. The molecule has 3 N–H and O–H groups in total. The molecule has 0 saturated carbocycles.